The van der Waals surface area contributed by atoms with E-state index in [1.165, 1.54) is 6.42 Å². The molecule has 0 radical (unpaired) electrons. The minimum Gasteiger partial charge on any atom is -0.396 e. The van der Waals surface area contributed by atoms with Gasteiger partial charge in [0.1, 0.15) is 0 Å². The van der Waals surface area contributed by atoms with Crippen molar-refractivity contribution in [3.8, 4) is 0 Å². The topological polar surface area (TPSA) is 50.9 Å². The highest BCUT2D eigenvalue weighted by Crippen LogP contribution is 2.15. The predicted molar refractivity (Wildman–Crippen MR) is 56.6 cm³/mol. The maximum absolute atomic E-state index is 5.72. The normalized spacial score (nSPS) is 12.5. The van der Waals surface area contributed by atoms with Crippen molar-refractivity contribution in [1.82, 2.24) is 4.98 Å². The summed E-state index contributed by atoms with van der Waals surface area (Å²) in [5.41, 5.74) is 7.42. The van der Waals surface area contributed by atoms with Crippen molar-refractivity contribution in [2.24, 2.45) is 5.92 Å². The number of nitrogens with one attached hydrogen (secondary N) is 1. The molecule has 1 heterocycles. The minimum atomic E-state index is 0.674. The quantitative estimate of drug-likeness (QED) is 0.744. The van der Waals surface area contributed by atoms with Gasteiger partial charge in [-0.3, -0.25) is 4.98 Å². The van der Waals surface area contributed by atoms with Crippen LogP contribution in [-0.2, 0) is 0 Å². The second-order valence-corrected chi connectivity index (χ2v) is 3.36. The zero-order chi connectivity index (χ0) is 9.68. The second kappa shape index (κ2) is 4.70. The highest BCUT2D eigenvalue weighted by Gasteiger charge is 2.00. The van der Waals surface area contributed by atoms with Crippen LogP contribution < -0.4 is 11.1 Å². The number of aromatic nitrogens is 1. The van der Waals surface area contributed by atoms with Crippen molar-refractivity contribution >= 4 is 11.4 Å². The van der Waals surface area contributed by atoms with Gasteiger partial charge in [-0.15, -0.1) is 0 Å². The third-order valence-electron chi connectivity index (χ3n) is 2.19. The van der Waals surface area contributed by atoms with Gasteiger partial charge in [-0.05, 0) is 12.0 Å². The molecule has 1 aromatic rings. The standard InChI is InChI=1S/C10H17N3/c1-3-8(2)6-13-10-4-5-12-7-9(10)11/h4-5,7-8H,3,6,11H2,1-2H3,(H,12,13). The molecule has 1 unspecified atom stereocenters. The molecule has 0 spiro atoms. The average Bonchev–Trinajstić information content (AvgIpc) is 2.16. The Morgan fingerprint density at radius 1 is 1.62 bits per heavy atom. The molecule has 13 heavy (non-hydrogen) atoms. The van der Waals surface area contributed by atoms with Crippen molar-refractivity contribution in [2.75, 3.05) is 17.6 Å². The van der Waals surface area contributed by atoms with Crippen LogP contribution in [0.1, 0.15) is 20.3 Å². The molecule has 1 atom stereocenters. The first-order valence-electron chi connectivity index (χ1n) is 4.67. The third-order valence-corrected chi connectivity index (χ3v) is 2.19. The smallest absolute Gasteiger partial charge is 0.0736 e. The molecule has 1 aromatic heterocycles. The molecule has 0 saturated heterocycles. The van der Waals surface area contributed by atoms with Gasteiger partial charge in [0.25, 0.3) is 0 Å². The van der Waals surface area contributed by atoms with E-state index in [2.05, 4.69) is 24.1 Å². The van der Waals surface area contributed by atoms with Crippen LogP contribution in [0.25, 0.3) is 0 Å². The van der Waals surface area contributed by atoms with Crippen LogP contribution in [0.3, 0.4) is 0 Å². The molecule has 0 bridgehead atoms. The van der Waals surface area contributed by atoms with Crippen molar-refractivity contribution in [2.45, 2.75) is 20.3 Å². The van der Waals surface area contributed by atoms with Crippen LogP contribution in [0.15, 0.2) is 18.5 Å². The maximum atomic E-state index is 5.72. The Labute approximate surface area is 79.4 Å². The van der Waals surface area contributed by atoms with Gasteiger partial charge in [-0.1, -0.05) is 20.3 Å². The number of pyridine rings is 1. The van der Waals surface area contributed by atoms with Crippen LogP contribution >= 0.6 is 0 Å². The molecular weight excluding hydrogens is 162 g/mol. The third kappa shape index (κ3) is 2.93. The van der Waals surface area contributed by atoms with Gasteiger partial charge < -0.3 is 11.1 Å². The van der Waals surface area contributed by atoms with Crippen LogP contribution in [-0.4, -0.2) is 11.5 Å². The van der Waals surface area contributed by atoms with Crippen molar-refractivity contribution in [1.29, 1.82) is 0 Å². The molecule has 3 nitrogen and oxygen atoms in total. The highest BCUT2D eigenvalue weighted by atomic mass is 14.9. The summed E-state index contributed by atoms with van der Waals surface area (Å²) in [6.45, 7) is 5.36. The van der Waals surface area contributed by atoms with E-state index in [0.717, 1.165) is 12.2 Å². The number of nitrogens with two attached hydrogens (primary N) is 1. The van der Waals surface area contributed by atoms with E-state index in [1.807, 2.05) is 6.07 Å². The van der Waals surface area contributed by atoms with E-state index >= 15 is 0 Å². The highest BCUT2D eigenvalue weighted by molar-refractivity contribution is 5.64. The lowest BCUT2D eigenvalue weighted by molar-refractivity contribution is 0.593. The second-order valence-electron chi connectivity index (χ2n) is 3.36. The number of nitrogen functional groups attached to an aromatic ring is 1. The van der Waals surface area contributed by atoms with Gasteiger partial charge in [0.2, 0.25) is 0 Å². The van der Waals surface area contributed by atoms with Gasteiger partial charge in [0.05, 0.1) is 17.6 Å². The number of rotatable bonds is 4. The molecule has 1 rings (SSSR count). The number of hydrogen-bond donors (Lipinski definition) is 2. The van der Waals surface area contributed by atoms with E-state index in [4.69, 9.17) is 5.73 Å². The summed E-state index contributed by atoms with van der Waals surface area (Å²) in [4.78, 5) is 3.93. The lowest BCUT2D eigenvalue weighted by atomic mass is 10.1. The molecule has 0 amide bonds. The molecule has 3 heteroatoms. The summed E-state index contributed by atoms with van der Waals surface area (Å²) in [5.74, 6) is 0.674. The Bertz CT molecular complexity index is 260. The first kappa shape index (κ1) is 9.84. The van der Waals surface area contributed by atoms with Gasteiger partial charge in [0, 0.05) is 12.7 Å². The molecule has 0 saturated carbocycles. The summed E-state index contributed by atoms with van der Waals surface area (Å²) in [6.07, 6.45) is 4.59. The van der Waals surface area contributed by atoms with Crippen LogP contribution in [0, 0.1) is 5.92 Å². The Hall–Kier alpha value is -1.25. The molecule has 0 aromatic carbocycles. The van der Waals surface area contributed by atoms with E-state index in [9.17, 15) is 0 Å². The zero-order valence-corrected chi connectivity index (χ0v) is 8.25. The average molecular weight is 179 g/mol. The fourth-order valence-electron chi connectivity index (χ4n) is 0.996. The van der Waals surface area contributed by atoms with Crippen molar-refractivity contribution in [3.63, 3.8) is 0 Å². The van der Waals surface area contributed by atoms with E-state index in [-0.39, 0.29) is 0 Å². The fourth-order valence-corrected chi connectivity index (χ4v) is 0.996. The van der Waals surface area contributed by atoms with E-state index in [0.29, 0.717) is 11.6 Å². The Kier molecular flexibility index (Phi) is 3.55. The molecule has 0 fully saturated rings. The monoisotopic (exact) mass is 179 g/mol. The molecule has 0 aliphatic rings. The molecule has 0 aliphatic carbocycles. The maximum Gasteiger partial charge on any atom is 0.0736 e. The van der Waals surface area contributed by atoms with Gasteiger partial charge >= 0.3 is 0 Å². The Balaban J connectivity index is 2.50. The summed E-state index contributed by atoms with van der Waals surface area (Å²) in [7, 11) is 0. The number of anilines is 2. The van der Waals surface area contributed by atoms with Crippen molar-refractivity contribution < 1.29 is 0 Å². The largest absolute Gasteiger partial charge is 0.396 e. The zero-order valence-electron chi connectivity index (χ0n) is 8.25. The van der Waals surface area contributed by atoms with Crippen molar-refractivity contribution in [3.05, 3.63) is 18.5 Å². The molecule has 0 aliphatic heterocycles. The lowest BCUT2D eigenvalue weighted by Gasteiger charge is -2.12. The summed E-state index contributed by atoms with van der Waals surface area (Å²) in [5, 5.41) is 3.30. The molecule has 3 N–H and O–H groups in total. The number of hydrogen-bond acceptors (Lipinski definition) is 3. The Morgan fingerprint density at radius 3 is 3.00 bits per heavy atom. The minimum absolute atomic E-state index is 0.674. The lowest BCUT2D eigenvalue weighted by Crippen LogP contribution is -2.11. The SMILES string of the molecule is CCC(C)CNc1ccncc1N. The van der Waals surface area contributed by atoms with Gasteiger partial charge in [-0.2, -0.15) is 0 Å². The van der Waals surface area contributed by atoms with Gasteiger partial charge in [0.15, 0.2) is 0 Å². The molecule has 72 valence electrons. The van der Waals surface area contributed by atoms with Crippen LogP contribution in [0.2, 0.25) is 0 Å². The predicted octanol–water partition coefficient (Wildman–Crippen LogP) is 2.12. The van der Waals surface area contributed by atoms with E-state index in [1.54, 1.807) is 12.4 Å². The first-order chi connectivity index (χ1) is 6.24. The number of nitrogens with zero attached hydrogens (tertiary/aromatic N) is 1. The van der Waals surface area contributed by atoms with E-state index < -0.39 is 0 Å². The Morgan fingerprint density at radius 2 is 2.38 bits per heavy atom. The first-order valence-corrected chi connectivity index (χ1v) is 4.67. The summed E-state index contributed by atoms with van der Waals surface area (Å²) < 4.78 is 0. The van der Waals surface area contributed by atoms with Crippen LogP contribution in [0.4, 0.5) is 11.4 Å². The fraction of sp³-hybridized carbons (Fsp3) is 0.500. The summed E-state index contributed by atoms with van der Waals surface area (Å²) >= 11 is 0. The van der Waals surface area contributed by atoms with Crippen LogP contribution in [0.5, 0.6) is 0 Å². The van der Waals surface area contributed by atoms with Gasteiger partial charge in [-0.25, -0.2) is 0 Å². The summed E-state index contributed by atoms with van der Waals surface area (Å²) in [6, 6.07) is 1.90. The molecular formula is C10H17N3.